The van der Waals surface area contributed by atoms with E-state index in [0.717, 1.165) is 29.3 Å². The molecule has 0 N–H and O–H groups in total. The number of imide groups is 1. The number of nitrogens with zero attached hydrogens (tertiary/aromatic N) is 1. The molecule has 0 atom stereocenters. The predicted octanol–water partition coefficient (Wildman–Crippen LogP) is 4.50. The highest BCUT2D eigenvalue weighted by Crippen LogP contribution is 2.38. The van der Waals surface area contributed by atoms with Gasteiger partial charge in [0.2, 0.25) is 0 Å². The van der Waals surface area contributed by atoms with Crippen molar-refractivity contribution in [1.82, 2.24) is 0 Å². The van der Waals surface area contributed by atoms with Gasteiger partial charge >= 0.3 is 0 Å². The maximum atomic E-state index is 12.8. The molecule has 0 unspecified atom stereocenters. The van der Waals surface area contributed by atoms with E-state index < -0.39 is 0 Å². The Morgan fingerprint density at radius 2 is 1.79 bits per heavy atom. The summed E-state index contributed by atoms with van der Waals surface area (Å²) in [7, 11) is 1.58. The molecule has 0 spiro atoms. The first kappa shape index (κ1) is 16.3. The van der Waals surface area contributed by atoms with Crippen molar-refractivity contribution in [2.75, 3.05) is 12.0 Å². The number of methoxy groups -OCH3 is 1. The van der Waals surface area contributed by atoms with Gasteiger partial charge in [-0.2, -0.15) is 0 Å². The molecule has 0 radical (unpaired) electrons. The van der Waals surface area contributed by atoms with Crippen LogP contribution in [0.4, 0.5) is 10.5 Å². The van der Waals surface area contributed by atoms with Gasteiger partial charge in [0.15, 0.2) is 0 Å². The van der Waals surface area contributed by atoms with Crippen LogP contribution in [0.25, 0.3) is 6.08 Å². The maximum absolute atomic E-state index is 12.8. The van der Waals surface area contributed by atoms with E-state index >= 15 is 0 Å². The van der Waals surface area contributed by atoms with Crippen molar-refractivity contribution in [2.24, 2.45) is 0 Å². The number of amides is 2. The Hall–Kier alpha value is -2.53. The van der Waals surface area contributed by atoms with Crippen LogP contribution in [0, 0.1) is 0 Å². The number of hydrogen-bond donors (Lipinski definition) is 0. The summed E-state index contributed by atoms with van der Waals surface area (Å²) in [4.78, 5) is 26.8. The van der Waals surface area contributed by atoms with Crippen LogP contribution in [0.3, 0.4) is 0 Å². The van der Waals surface area contributed by atoms with Crippen LogP contribution in [0.2, 0.25) is 0 Å². The molecular formula is C19H17NO3S. The van der Waals surface area contributed by atoms with Gasteiger partial charge in [-0.05, 0) is 42.0 Å². The Bertz CT molecular complexity index is 829. The van der Waals surface area contributed by atoms with Crippen LogP contribution < -0.4 is 9.64 Å². The summed E-state index contributed by atoms with van der Waals surface area (Å²) < 4.78 is 5.30. The Morgan fingerprint density at radius 1 is 1.08 bits per heavy atom. The topological polar surface area (TPSA) is 46.6 Å². The minimum atomic E-state index is -0.295. The van der Waals surface area contributed by atoms with Gasteiger partial charge in [0, 0.05) is 5.56 Å². The highest BCUT2D eigenvalue weighted by molar-refractivity contribution is 8.19. The number of anilines is 1. The summed E-state index contributed by atoms with van der Waals surface area (Å²) in [6.07, 6.45) is 2.46. The van der Waals surface area contributed by atoms with Crippen LogP contribution in [0.15, 0.2) is 53.4 Å². The zero-order valence-electron chi connectivity index (χ0n) is 13.5. The van der Waals surface area contributed by atoms with E-state index in [9.17, 15) is 9.59 Å². The number of thioether (sulfide) groups is 1. The largest absolute Gasteiger partial charge is 0.496 e. The molecule has 0 aliphatic carbocycles. The van der Waals surface area contributed by atoms with E-state index in [4.69, 9.17) is 4.74 Å². The molecule has 2 aromatic carbocycles. The number of ether oxygens (including phenoxy) is 1. The third kappa shape index (κ3) is 2.95. The molecule has 1 fully saturated rings. The lowest BCUT2D eigenvalue weighted by Gasteiger charge is -2.16. The Balaban J connectivity index is 1.99. The van der Waals surface area contributed by atoms with Crippen LogP contribution >= 0.6 is 11.8 Å². The number of carbonyl (C=O) groups excluding carboxylic acids is 2. The number of carbonyl (C=O) groups is 2. The fourth-order valence-corrected chi connectivity index (χ4v) is 3.46. The molecule has 1 aliphatic rings. The highest BCUT2D eigenvalue weighted by atomic mass is 32.2. The lowest BCUT2D eigenvalue weighted by atomic mass is 10.1. The smallest absolute Gasteiger partial charge is 0.298 e. The monoisotopic (exact) mass is 339 g/mol. The van der Waals surface area contributed by atoms with E-state index in [1.165, 1.54) is 4.90 Å². The molecule has 4 nitrogen and oxygen atoms in total. The summed E-state index contributed by atoms with van der Waals surface area (Å²) in [6.45, 7) is 2.00. The molecule has 1 saturated heterocycles. The summed E-state index contributed by atoms with van der Waals surface area (Å²) in [5.74, 6) is 0.370. The van der Waals surface area contributed by atoms with E-state index in [-0.39, 0.29) is 11.1 Å². The average Bonchev–Trinajstić information content (AvgIpc) is 2.89. The lowest BCUT2D eigenvalue weighted by Crippen LogP contribution is -2.28. The van der Waals surface area contributed by atoms with Gasteiger partial charge in [0.05, 0.1) is 17.7 Å². The SMILES string of the molecule is CCc1ccccc1N1C(=O)S/C(=C\c2ccccc2OC)C1=O. The fourth-order valence-electron chi connectivity index (χ4n) is 2.63. The van der Waals surface area contributed by atoms with E-state index in [0.29, 0.717) is 16.3 Å². The average molecular weight is 339 g/mol. The second kappa shape index (κ2) is 6.93. The zero-order valence-corrected chi connectivity index (χ0v) is 14.3. The van der Waals surface area contributed by atoms with Gasteiger partial charge in [-0.1, -0.05) is 43.3 Å². The summed E-state index contributed by atoms with van der Waals surface area (Å²) in [5, 5.41) is -0.276. The third-order valence-electron chi connectivity index (χ3n) is 3.83. The fraction of sp³-hybridized carbons (Fsp3) is 0.158. The second-order valence-electron chi connectivity index (χ2n) is 5.24. The second-order valence-corrected chi connectivity index (χ2v) is 6.23. The Labute approximate surface area is 145 Å². The van der Waals surface area contributed by atoms with Crippen LogP contribution in [0.5, 0.6) is 5.75 Å². The maximum Gasteiger partial charge on any atom is 0.298 e. The number of aryl methyl sites for hydroxylation is 1. The normalized spacial score (nSPS) is 16.1. The van der Waals surface area contributed by atoms with Gasteiger partial charge in [0.1, 0.15) is 5.75 Å². The predicted molar refractivity (Wildman–Crippen MR) is 97.3 cm³/mol. The van der Waals surface area contributed by atoms with E-state index in [2.05, 4.69) is 0 Å². The van der Waals surface area contributed by atoms with E-state index in [1.54, 1.807) is 19.3 Å². The molecular weight excluding hydrogens is 322 g/mol. The van der Waals surface area contributed by atoms with Crippen LogP contribution in [-0.2, 0) is 11.2 Å². The number of para-hydroxylation sites is 2. The van der Waals surface area contributed by atoms with Crippen molar-refractivity contribution in [3.05, 3.63) is 64.6 Å². The number of benzene rings is 2. The first-order valence-electron chi connectivity index (χ1n) is 7.64. The Kier molecular flexibility index (Phi) is 4.71. The van der Waals surface area contributed by atoms with Crippen molar-refractivity contribution in [3.8, 4) is 5.75 Å². The standard InChI is InChI=1S/C19H17NO3S/c1-3-13-8-4-6-10-15(13)20-18(21)17(24-19(20)22)12-14-9-5-7-11-16(14)23-2/h4-12H,3H2,1-2H3/b17-12-. The van der Waals surface area contributed by atoms with Crippen molar-refractivity contribution in [3.63, 3.8) is 0 Å². The van der Waals surface area contributed by atoms with Gasteiger partial charge in [-0.15, -0.1) is 0 Å². The van der Waals surface area contributed by atoms with Crippen molar-refractivity contribution < 1.29 is 14.3 Å². The number of rotatable bonds is 4. The Morgan fingerprint density at radius 3 is 2.54 bits per heavy atom. The number of hydrogen-bond acceptors (Lipinski definition) is 4. The molecule has 1 heterocycles. The molecule has 0 aromatic heterocycles. The van der Waals surface area contributed by atoms with Crippen LogP contribution in [0.1, 0.15) is 18.1 Å². The van der Waals surface area contributed by atoms with Gasteiger partial charge in [-0.25, -0.2) is 4.90 Å². The molecule has 0 bridgehead atoms. The van der Waals surface area contributed by atoms with Gasteiger partial charge in [-0.3, -0.25) is 9.59 Å². The van der Waals surface area contributed by atoms with Crippen LogP contribution in [-0.4, -0.2) is 18.3 Å². The molecule has 0 saturated carbocycles. The van der Waals surface area contributed by atoms with Gasteiger partial charge in [0.25, 0.3) is 11.1 Å². The van der Waals surface area contributed by atoms with Crippen molar-refractivity contribution >= 4 is 34.7 Å². The first-order chi connectivity index (χ1) is 11.7. The molecule has 24 heavy (non-hydrogen) atoms. The molecule has 3 rings (SSSR count). The van der Waals surface area contributed by atoms with Crippen molar-refractivity contribution in [1.29, 1.82) is 0 Å². The summed E-state index contributed by atoms with van der Waals surface area (Å²) >= 11 is 0.953. The van der Waals surface area contributed by atoms with Crippen molar-refractivity contribution in [2.45, 2.75) is 13.3 Å². The first-order valence-corrected chi connectivity index (χ1v) is 8.46. The molecule has 1 aliphatic heterocycles. The lowest BCUT2D eigenvalue weighted by molar-refractivity contribution is -0.113. The summed E-state index contributed by atoms with van der Waals surface area (Å²) in [5.41, 5.74) is 2.40. The molecule has 122 valence electrons. The molecule has 2 aromatic rings. The molecule has 5 heteroatoms. The third-order valence-corrected chi connectivity index (χ3v) is 4.70. The minimum absolute atomic E-state index is 0.276. The van der Waals surface area contributed by atoms with E-state index in [1.807, 2.05) is 49.4 Å². The quantitative estimate of drug-likeness (QED) is 0.770. The summed E-state index contributed by atoms with van der Waals surface area (Å²) in [6, 6.07) is 14.9. The zero-order chi connectivity index (χ0) is 17.1. The molecule has 2 amide bonds. The van der Waals surface area contributed by atoms with Gasteiger partial charge < -0.3 is 4.74 Å². The highest BCUT2D eigenvalue weighted by Gasteiger charge is 2.37. The minimum Gasteiger partial charge on any atom is -0.496 e.